The van der Waals surface area contributed by atoms with E-state index < -0.39 is 21.9 Å². The molecule has 3 atom stereocenters. The first-order valence-electron chi connectivity index (χ1n) is 4.56. The van der Waals surface area contributed by atoms with Gasteiger partial charge in [-0.15, -0.1) is 0 Å². The number of hydrogen-bond acceptors (Lipinski definition) is 4. The molecule has 0 spiro atoms. The standard InChI is InChI=1S/C8H13ClO5S/c1-8(7(10)11,14-15(9)12)5-6-3-2-4-13-6/h6H,2-5H2,1H3,(H,10,11). The molecule has 0 amide bonds. The van der Waals surface area contributed by atoms with Crippen molar-refractivity contribution in [2.24, 2.45) is 0 Å². The second-order valence-corrected chi connectivity index (χ2v) is 4.96. The topological polar surface area (TPSA) is 72.8 Å². The molecule has 1 rings (SSSR count). The van der Waals surface area contributed by atoms with Gasteiger partial charge in [0.05, 0.1) is 6.10 Å². The Morgan fingerprint density at radius 1 is 1.80 bits per heavy atom. The van der Waals surface area contributed by atoms with E-state index >= 15 is 0 Å². The maximum atomic E-state index is 11.0. The molecule has 0 aromatic carbocycles. The summed E-state index contributed by atoms with van der Waals surface area (Å²) in [6.07, 6.45) is 1.69. The predicted octanol–water partition coefficient (Wildman–Crippen LogP) is 1.23. The van der Waals surface area contributed by atoms with Gasteiger partial charge in [0, 0.05) is 23.7 Å². The van der Waals surface area contributed by atoms with E-state index in [4.69, 9.17) is 24.7 Å². The van der Waals surface area contributed by atoms with Gasteiger partial charge in [-0.2, -0.15) is 0 Å². The number of carbonyl (C=O) groups is 1. The van der Waals surface area contributed by atoms with Crippen molar-refractivity contribution in [1.29, 1.82) is 0 Å². The summed E-state index contributed by atoms with van der Waals surface area (Å²) >= 11 is 0. The summed E-state index contributed by atoms with van der Waals surface area (Å²) in [5.41, 5.74) is -1.55. The van der Waals surface area contributed by atoms with E-state index in [2.05, 4.69) is 0 Å². The third kappa shape index (κ3) is 3.71. The van der Waals surface area contributed by atoms with Crippen molar-refractivity contribution < 1.29 is 23.0 Å². The molecule has 1 heterocycles. The average Bonchev–Trinajstić information content (AvgIpc) is 2.54. The number of halogens is 1. The fourth-order valence-corrected chi connectivity index (χ4v) is 2.39. The Morgan fingerprint density at radius 3 is 2.87 bits per heavy atom. The Labute approximate surface area is 94.9 Å². The quantitative estimate of drug-likeness (QED) is 0.749. The molecule has 88 valence electrons. The fraction of sp³-hybridized carbons (Fsp3) is 0.875. The van der Waals surface area contributed by atoms with Crippen LogP contribution in [0.5, 0.6) is 0 Å². The van der Waals surface area contributed by atoms with E-state index in [1.165, 1.54) is 6.92 Å². The van der Waals surface area contributed by atoms with Gasteiger partial charge in [-0.1, -0.05) is 0 Å². The Hall–Kier alpha value is -0.170. The molecule has 0 aromatic rings. The Morgan fingerprint density at radius 2 is 2.47 bits per heavy atom. The third-order valence-electron chi connectivity index (χ3n) is 2.34. The van der Waals surface area contributed by atoms with Gasteiger partial charge >= 0.3 is 5.97 Å². The lowest BCUT2D eigenvalue weighted by atomic mass is 9.97. The summed E-state index contributed by atoms with van der Waals surface area (Å²) in [6, 6.07) is 0. The largest absolute Gasteiger partial charge is 0.479 e. The van der Waals surface area contributed by atoms with E-state index in [1.54, 1.807) is 0 Å². The van der Waals surface area contributed by atoms with Crippen LogP contribution < -0.4 is 0 Å². The first-order chi connectivity index (χ1) is 6.94. The van der Waals surface area contributed by atoms with Gasteiger partial charge in [0.25, 0.3) is 10.3 Å². The first-order valence-corrected chi connectivity index (χ1v) is 6.47. The number of carboxylic acid groups (broad SMARTS) is 1. The molecule has 0 aliphatic carbocycles. The van der Waals surface area contributed by atoms with E-state index in [-0.39, 0.29) is 12.5 Å². The van der Waals surface area contributed by atoms with Crippen molar-refractivity contribution in [3.05, 3.63) is 0 Å². The normalized spacial score (nSPS) is 27.2. The summed E-state index contributed by atoms with van der Waals surface area (Å²) in [5.74, 6) is -1.19. The Balaban J connectivity index is 2.63. The third-order valence-corrected chi connectivity index (χ3v) is 3.03. The summed E-state index contributed by atoms with van der Waals surface area (Å²) in [5, 5.41) is 8.97. The smallest absolute Gasteiger partial charge is 0.337 e. The lowest BCUT2D eigenvalue weighted by Crippen LogP contribution is -2.41. The molecule has 15 heavy (non-hydrogen) atoms. The first kappa shape index (κ1) is 12.9. The molecule has 1 aliphatic rings. The molecule has 0 bridgehead atoms. The van der Waals surface area contributed by atoms with Crippen LogP contribution in [0.2, 0.25) is 0 Å². The van der Waals surface area contributed by atoms with Crippen molar-refractivity contribution in [1.82, 2.24) is 0 Å². The van der Waals surface area contributed by atoms with E-state index in [9.17, 15) is 9.00 Å². The highest BCUT2D eigenvalue weighted by Crippen LogP contribution is 2.27. The van der Waals surface area contributed by atoms with Gasteiger partial charge in [-0.25, -0.2) is 9.00 Å². The minimum atomic E-state index is -2.12. The van der Waals surface area contributed by atoms with Gasteiger partial charge in [0.1, 0.15) is 0 Å². The Bertz CT molecular complexity index is 266. The zero-order chi connectivity index (χ0) is 11.5. The molecular formula is C8H13ClO5S. The maximum absolute atomic E-state index is 11.0. The number of rotatable bonds is 5. The SMILES string of the molecule is CC(CC1CCCO1)(OS(=O)Cl)C(=O)O. The molecule has 0 saturated carbocycles. The van der Waals surface area contributed by atoms with Crippen molar-refractivity contribution in [2.45, 2.75) is 37.9 Å². The minimum absolute atomic E-state index is 0.154. The highest BCUT2D eigenvalue weighted by Gasteiger charge is 2.40. The van der Waals surface area contributed by atoms with Crippen LogP contribution in [0.4, 0.5) is 0 Å². The van der Waals surface area contributed by atoms with Gasteiger partial charge in [-0.05, 0) is 19.8 Å². The average molecular weight is 257 g/mol. The monoisotopic (exact) mass is 256 g/mol. The highest BCUT2D eigenvalue weighted by atomic mass is 35.7. The molecule has 1 N–H and O–H groups in total. The van der Waals surface area contributed by atoms with E-state index in [0.29, 0.717) is 6.61 Å². The molecule has 1 fully saturated rings. The van der Waals surface area contributed by atoms with Crippen LogP contribution in [0.3, 0.4) is 0 Å². The number of carboxylic acids is 1. The van der Waals surface area contributed by atoms with Gasteiger partial charge in [0.15, 0.2) is 5.60 Å². The second-order valence-electron chi connectivity index (χ2n) is 3.65. The molecule has 1 aliphatic heterocycles. The van der Waals surface area contributed by atoms with Crippen LogP contribution in [-0.2, 0) is 24.0 Å². The summed E-state index contributed by atoms with van der Waals surface area (Å²) in [7, 11) is 3.02. The van der Waals surface area contributed by atoms with Crippen LogP contribution >= 0.6 is 10.7 Å². The second kappa shape index (κ2) is 5.25. The molecule has 1 saturated heterocycles. The maximum Gasteiger partial charge on any atom is 0.337 e. The number of ether oxygens (including phenoxy) is 1. The highest BCUT2D eigenvalue weighted by molar-refractivity contribution is 8.04. The van der Waals surface area contributed by atoms with Crippen LogP contribution in [0, 0.1) is 0 Å². The summed E-state index contributed by atoms with van der Waals surface area (Å²) in [6.45, 7) is 1.97. The van der Waals surface area contributed by atoms with Gasteiger partial charge < -0.3 is 9.84 Å². The molecular weight excluding hydrogens is 244 g/mol. The lowest BCUT2D eigenvalue weighted by molar-refractivity contribution is -0.155. The number of hydrogen-bond donors (Lipinski definition) is 1. The van der Waals surface area contributed by atoms with E-state index in [1.807, 2.05) is 0 Å². The molecule has 0 radical (unpaired) electrons. The zero-order valence-electron chi connectivity index (χ0n) is 8.27. The zero-order valence-corrected chi connectivity index (χ0v) is 9.84. The van der Waals surface area contributed by atoms with Gasteiger partial charge in [-0.3, -0.25) is 4.18 Å². The lowest BCUT2D eigenvalue weighted by Gasteiger charge is -2.25. The minimum Gasteiger partial charge on any atom is -0.479 e. The Kier molecular flexibility index (Phi) is 4.51. The van der Waals surface area contributed by atoms with Crippen molar-refractivity contribution in [2.75, 3.05) is 6.61 Å². The fourth-order valence-electron chi connectivity index (χ4n) is 1.54. The van der Waals surface area contributed by atoms with Crippen LogP contribution in [0.25, 0.3) is 0 Å². The summed E-state index contributed by atoms with van der Waals surface area (Å²) in [4.78, 5) is 11.0. The molecule has 5 nitrogen and oxygen atoms in total. The molecule has 7 heteroatoms. The van der Waals surface area contributed by atoms with Crippen LogP contribution in [-0.4, -0.2) is 33.6 Å². The van der Waals surface area contributed by atoms with Crippen molar-refractivity contribution >= 4 is 26.9 Å². The molecule has 0 aromatic heterocycles. The number of aliphatic carboxylic acids is 1. The van der Waals surface area contributed by atoms with Crippen LogP contribution in [0.15, 0.2) is 0 Å². The van der Waals surface area contributed by atoms with Crippen molar-refractivity contribution in [3.63, 3.8) is 0 Å². The van der Waals surface area contributed by atoms with Gasteiger partial charge in [0.2, 0.25) is 0 Å². The van der Waals surface area contributed by atoms with Crippen molar-refractivity contribution in [3.8, 4) is 0 Å². The summed E-state index contributed by atoms with van der Waals surface area (Å²) < 4.78 is 20.7. The van der Waals surface area contributed by atoms with Crippen LogP contribution in [0.1, 0.15) is 26.2 Å². The predicted molar refractivity (Wildman–Crippen MR) is 54.7 cm³/mol. The molecule has 3 unspecified atom stereocenters. The van der Waals surface area contributed by atoms with E-state index in [0.717, 1.165) is 12.8 Å².